The van der Waals surface area contributed by atoms with Crippen LogP contribution >= 0.6 is 0 Å². The lowest BCUT2D eigenvalue weighted by Crippen LogP contribution is -2.33. The number of rotatable bonds is 5. The van der Waals surface area contributed by atoms with E-state index in [1.54, 1.807) is 14.0 Å². The molecule has 0 fully saturated rings. The SMILES string of the molecule is CNc1ncnc(NC(C)C(N)=O)c1C(C)C. The largest absolute Gasteiger partial charge is 0.373 e. The normalized spacial score (nSPS) is 12.3. The minimum Gasteiger partial charge on any atom is -0.373 e. The Bertz CT molecular complexity index is 405. The van der Waals surface area contributed by atoms with Crippen LogP contribution in [0.4, 0.5) is 11.6 Å². The molecule has 0 aliphatic rings. The number of nitrogens with two attached hydrogens (primary N) is 1. The van der Waals surface area contributed by atoms with Gasteiger partial charge < -0.3 is 16.4 Å². The van der Waals surface area contributed by atoms with E-state index in [1.165, 1.54) is 6.33 Å². The first-order valence-corrected chi connectivity index (χ1v) is 5.55. The molecular weight excluding hydrogens is 218 g/mol. The van der Waals surface area contributed by atoms with Gasteiger partial charge in [-0.2, -0.15) is 0 Å². The summed E-state index contributed by atoms with van der Waals surface area (Å²) < 4.78 is 0. The van der Waals surface area contributed by atoms with Crippen molar-refractivity contribution in [1.29, 1.82) is 0 Å². The molecule has 6 nitrogen and oxygen atoms in total. The summed E-state index contributed by atoms with van der Waals surface area (Å²) in [7, 11) is 1.80. The zero-order valence-corrected chi connectivity index (χ0v) is 10.6. The molecule has 4 N–H and O–H groups in total. The number of anilines is 2. The fraction of sp³-hybridized carbons (Fsp3) is 0.545. The number of carbonyl (C=O) groups excluding carboxylic acids is 1. The van der Waals surface area contributed by atoms with Gasteiger partial charge in [-0.1, -0.05) is 13.8 Å². The van der Waals surface area contributed by atoms with Crippen molar-refractivity contribution in [2.75, 3.05) is 17.7 Å². The van der Waals surface area contributed by atoms with Crippen molar-refractivity contribution < 1.29 is 4.79 Å². The van der Waals surface area contributed by atoms with Gasteiger partial charge in [0.2, 0.25) is 5.91 Å². The number of nitrogens with one attached hydrogen (secondary N) is 2. The molecule has 0 saturated heterocycles. The van der Waals surface area contributed by atoms with E-state index in [0.717, 1.165) is 11.4 Å². The Morgan fingerprint density at radius 1 is 1.29 bits per heavy atom. The Morgan fingerprint density at radius 3 is 2.35 bits per heavy atom. The molecule has 0 radical (unpaired) electrons. The zero-order chi connectivity index (χ0) is 13.0. The molecular formula is C11H19N5O. The molecule has 1 amide bonds. The van der Waals surface area contributed by atoms with Gasteiger partial charge in [0.1, 0.15) is 24.0 Å². The van der Waals surface area contributed by atoms with Crippen LogP contribution in [0.15, 0.2) is 6.33 Å². The molecule has 1 aromatic heterocycles. The van der Waals surface area contributed by atoms with Crippen LogP contribution in [0.1, 0.15) is 32.3 Å². The third kappa shape index (κ3) is 3.05. The Balaban J connectivity index is 3.10. The molecule has 1 unspecified atom stereocenters. The quantitative estimate of drug-likeness (QED) is 0.708. The Morgan fingerprint density at radius 2 is 1.88 bits per heavy atom. The Kier molecular flexibility index (Phi) is 4.25. The van der Waals surface area contributed by atoms with E-state index < -0.39 is 11.9 Å². The van der Waals surface area contributed by atoms with E-state index in [2.05, 4.69) is 20.6 Å². The molecule has 0 saturated carbocycles. The second-order valence-corrected chi connectivity index (χ2v) is 4.16. The van der Waals surface area contributed by atoms with Crippen LogP contribution in [0.25, 0.3) is 0 Å². The third-order valence-electron chi connectivity index (χ3n) is 2.48. The minimum atomic E-state index is -0.466. The van der Waals surface area contributed by atoms with Crippen molar-refractivity contribution in [2.45, 2.75) is 32.7 Å². The van der Waals surface area contributed by atoms with Gasteiger partial charge in [0.25, 0.3) is 0 Å². The van der Waals surface area contributed by atoms with Crippen LogP contribution in [0.5, 0.6) is 0 Å². The van der Waals surface area contributed by atoms with Gasteiger partial charge >= 0.3 is 0 Å². The molecule has 94 valence electrons. The summed E-state index contributed by atoms with van der Waals surface area (Å²) in [4.78, 5) is 19.4. The molecule has 1 heterocycles. The van der Waals surface area contributed by atoms with Crippen LogP contribution in [-0.2, 0) is 4.79 Å². The van der Waals surface area contributed by atoms with Crippen molar-refractivity contribution in [3.8, 4) is 0 Å². The molecule has 1 atom stereocenters. The number of nitrogens with zero attached hydrogens (tertiary/aromatic N) is 2. The second kappa shape index (κ2) is 5.47. The van der Waals surface area contributed by atoms with Gasteiger partial charge in [0, 0.05) is 12.6 Å². The maximum Gasteiger partial charge on any atom is 0.239 e. The Hall–Kier alpha value is -1.85. The van der Waals surface area contributed by atoms with Crippen molar-refractivity contribution >= 4 is 17.5 Å². The maximum atomic E-state index is 11.0. The highest BCUT2D eigenvalue weighted by Crippen LogP contribution is 2.28. The van der Waals surface area contributed by atoms with Crippen molar-refractivity contribution in [1.82, 2.24) is 9.97 Å². The first-order chi connectivity index (χ1) is 7.97. The average molecular weight is 237 g/mol. The summed E-state index contributed by atoms with van der Waals surface area (Å²) >= 11 is 0. The molecule has 0 aromatic carbocycles. The van der Waals surface area contributed by atoms with Crippen molar-refractivity contribution in [3.05, 3.63) is 11.9 Å². The lowest BCUT2D eigenvalue weighted by Gasteiger charge is -2.18. The van der Waals surface area contributed by atoms with Gasteiger partial charge in [-0.05, 0) is 12.8 Å². The van der Waals surface area contributed by atoms with Crippen LogP contribution in [-0.4, -0.2) is 29.0 Å². The Labute approximate surface area is 101 Å². The highest BCUT2D eigenvalue weighted by atomic mass is 16.1. The van der Waals surface area contributed by atoms with E-state index in [1.807, 2.05) is 13.8 Å². The smallest absolute Gasteiger partial charge is 0.239 e. The summed E-state index contributed by atoms with van der Waals surface area (Å²) in [6.45, 7) is 5.78. The topological polar surface area (TPSA) is 92.9 Å². The fourth-order valence-corrected chi connectivity index (χ4v) is 1.53. The standard InChI is InChI=1S/C11H19N5O/c1-6(2)8-10(13-4)14-5-15-11(8)16-7(3)9(12)17/h5-7H,1-4H3,(H2,12,17)(H2,13,14,15,16). The van der Waals surface area contributed by atoms with E-state index in [9.17, 15) is 4.79 Å². The number of carbonyl (C=O) groups is 1. The van der Waals surface area contributed by atoms with Gasteiger partial charge in [-0.3, -0.25) is 4.79 Å². The summed E-state index contributed by atoms with van der Waals surface area (Å²) in [5.74, 6) is 1.23. The molecule has 0 aliphatic heterocycles. The highest BCUT2D eigenvalue weighted by molar-refractivity contribution is 5.82. The molecule has 6 heteroatoms. The molecule has 1 rings (SSSR count). The lowest BCUT2D eigenvalue weighted by atomic mass is 10.0. The van der Waals surface area contributed by atoms with Gasteiger partial charge in [0.15, 0.2) is 0 Å². The van der Waals surface area contributed by atoms with Crippen molar-refractivity contribution in [3.63, 3.8) is 0 Å². The van der Waals surface area contributed by atoms with Crippen molar-refractivity contribution in [2.24, 2.45) is 5.73 Å². The van der Waals surface area contributed by atoms with Crippen LogP contribution in [0.2, 0.25) is 0 Å². The molecule has 1 aromatic rings. The molecule has 0 aliphatic carbocycles. The maximum absolute atomic E-state index is 11.0. The lowest BCUT2D eigenvalue weighted by molar-refractivity contribution is -0.118. The summed E-state index contributed by atoms with van der Waals surface area (Å²) in [6, 6.07) is -0.466. The van der Waals surface area contributed by atoms with Gasteiger partial charge in [0.05, 0.1) is 0 Å². The highest BCUT2D eigenvalue weighted by Gasteiger charge is 2.17. The number of hydrogen-bond acceptors (Lipinski definition) is 5. The molecule has 0 spiro atoms. The van der Waals surface area contributed by atoms with E-state index in [4.69, 9.17) is 5.73 Å². The van der Waals surface area contributed by atoms with E-state index >= 15 is 0 Å². The van der Waals surface area contributed by atoms with Gasteiger partial charge in [-0.25, -0.2) is 9.97 Å². The molecule has 17 heavy (non-hydrogen) atoms. The third-order valence-corrected chi connectivity index (χ3v) is 2.48. The number of amides is 1. The average Bonchev–Trinajstić information content (AvgIpc) is 2.27. The minimum absolute atomic E-state index is 0.237. The van der Waals surface area contributed by atoms with Crippen LogP contribution < -0.4 is 16.4 Å². The summed E-state index contributed by atoms with van der Waals surface area (Å²) in [6.07, 6.45) is 1.45. The fourth-order valence-electron chi connectivity index (χ4n) is 1.53. The predicted molar refractivity (Wildman–Crippen MR) is 67.9 cm³/mol. The van der Waals surface area contributed by atoms with E-state index in [-0.39, 0.29) is 5.92 Å². The van der Waals surface area contributed by atoms with Crippen LogP contribution in [0, 0.1) is 0 Å². The number of aromatic nitrogens is 2. The van der Waals surface area contributed by atoms with E-state index in [0.29, 0.717) is 5.82 Å². The zero-order valence-electron chi connectivity index (χ0n) is 10.6. The molecule has 0 bridgehead atoms. The first-order valence-electron chi connectivity index (χ1n) is 5.55. The second-order valence-electron chi connectivity index (χ2n) is 4.16. The van der Waals surface area contributed by atoms with Gasteiger partial charge in [-0.15, -0.1) is 0 Å². The summed E-state index contributed by atoms with van der Waals surface area (Å²) in [5.41, 5.74) is 6.17. The number of primary amides is 1. The van der Waals surface area contributed by atoms with Crippen LogP contribution in [0.3, 0.4) is 0 Å². The predicted octanol–water partition coefficient (Wildman–Crippen LogP) is 0.927. The number of hydrogen-bond donors (Lipinski definition) is 3. The monoisotopic (exact) mass is 237 g/mol. The summed E-state index contributed by atoms with van der Waals surface area (Å²) in [5, 5.41) is 6.01. The first kappa shape index (κ1) is 13.2.